The van der Waals surface area contributed by atoms with E-state index in [0.29, 0.717) is 51.3 Å². The molecule has 5 nitrogen and oxygen atoms in total. The normalized spacial score (nSPS) is 22.0. The van der Waals surface area contributed by atoms with Crippen LogP contribution in [-0.2, 0) is 0 Å². The highest BCUT2D eigenvalue weighted by Gasteiger charge is 2.34. The van der Waals surface area contributed by atoms with Crippen LogP contribution in [-0.4, -0.2) is 41.1 Å². The first-order chi connectivity index (χ1) is 12.0. The fourth-order valence-electron chi connectivity index (χ4n) is 3.80. The predicted molar refractivity (Wildman–Crippen MR) is 104 cm³/mol. The van der Waals surface area contributed by atoms with Crippen LogP contribution in [0, 0.1) is 6.92 Å². The van der Waals surface area contributed by atoms with Gasteiger partial charge in [0, 0.05) is 30.7 Å². The first-order valence-corrected chi connectivity index (χ1v) is 9.26. The smallest absolute Gasteiger partial charge is 0.259 e. The van der Waals surface area contributed by atoms with Gasteiger partial charge in [-0.15, -0.1) is 12.4 Å². The Labute approximate surface area is 168 Å². The zero-order valence-electron chi connectivity index (χ0n) is 14.3. The number of halogens is 3. The molecule has 2 atom stereocenters. The Kier molecular flexibility index (Phi) is 5.82. The molecule has 0 aliphatic carbocycles. The molecule has 0 saturated carbocycles. The molecular formula is C18H20Cl3N3O2. The molecule has 0 radical (unpaired) electrons. The van der Waals surface area contributed by atoms with Gasteiger partial charge in [0.1, 0.15) is 17.0 Å². The number of amides is 1. The van der Waals surface area contributed by atoms with Crippen LogP contribution in [0.1, 0.15) is 35.4 Å². The van der Waals surface area contributed by atoms with Crippen molar-refractivity contribution in [2.45, 2.75) is 38.3 Å². The van der Waals surface area contributed by atoms with E-state index in [1.165, 1.54) is 6.42 Å². The van der Waals surface area contributed by atoms with Gasteiger partial charge in [-0.3, -0.25) is 4.79 Å². The van der Waals surface area contributed by atoms with Gasteiger partial charge in [0.25, 0.3) is 5.91 Å². The zero-order chi connectivity index (χ0) is 17.6. The molecule has 2 bridgehead atoms. The molecule has 2 aliphatic heterocycles. The third kappa shape index (κ3) is 3.46. The molecular weight excluding hydrogens is 397 g/mol. The van der Waals surface area contributed by atoms with Crippen molar-refractivity contribution in [1.82, 2.24) is 15.4 Å². The fraction of sp³-hybridized carbons (Fsp3) is 0.444. The van der Waals surface area contributed by atoms with Crippen molar-refractivity contribution in [1.29, 1.82) is 0 Å². The van der Waals surface area contributed by atoms with E-state index in [1.807, 2.05) is 4.90 Å². The van der Waals surface area contributed by atoms with Gasteiger partial charge in [-0.2, -0.15) is 0 Å². The molecule has 1 aromatic carbocycles. The molecule has 4 rings (SSSR count). The molecule has 3 heterocycles. The summed E-state index contributed by atoms with van der Waals surface area (Å²) in [6, 6.07) is 6.11. The molecule has 1 amide bonds. The molecule has 2 unspecified atom stereocenters. The summed E-state index contributed by atoms with van der Waals surface area (Å²) < 4.78 is 5.33. The third-order valence-electron chi connectivity index (χ3n) is 5.09. The Bertz CT molecular complexity index is 804. The quantitative estimate of drug-likeness (QED) is 0.791. The number of hydrogen-bond donors (Lipinski definition) is 1. The summed E-state index contributed by atoms with van der Waals surface area (Å²) in [4.78, 5) is 15.1. The second-order valence-corrected chi connectivity index (χ2v) is 7.55. The van der Waals surface area contributed by atoms with E-state index in [2.05, 4.69) is 10.5 Å². The van der Waals surface area contributed by atoms with E-state index in [4.69, 9.17) is 27.7 Å². The van der Waals surface area contributed by atoms with E-state index in [9.17, 15) is 4.79 Å². The largest absolute Gasteiger partial charge is 0.360 e. The second-order valence-electron chi connectivity index (χ2n) is 6.74. The molecule has 8 heteroatoms. The summed E-state index contributed by atoms with van der Waals surface area (Å²) >= 11 is 12.6. The number of nitrogens with zero attached hydrogens (tertiary/aromatic N) is 2. The van der Waals surface area contributed by atoms with Gasteiger partial charge in [-0.1, -0.05) is 34.4 Å². The Hall–Kier alpha value is -1.27. The molecule has 2 aromatic rings. The minimum atomic E-state index is -0.0703. The maximum absolute atomic E-state index is 13.2. The Morgan fingerprint density at radius 1 is 1.23 bits per heavy atom. The zero-order valence-corrected chi connectivity index (χ0v) is 16.6. The lowest BCUT2D eigenvalue weighted by molar-refractivity contribution is 0.0747. The lowest BCUT2D eigenvalue weighted by Gasteiger charge is -2.24. The van der Waals surface area contributed by atoms with Gasteiger partial charge in [-0.05, 0) is 38.3 Å². The van der Waals surface area contributed by atoms with Gasteiger partial charge >= 0.3 is 0 Å². The topological polar surface area (TPSA) is 58.4 Å². The molecule has 1 aromatic heterocycles. The second kappa shape index (κ2) is 7.77. The summed E-state index contributed by atoms with van der Waals surface area (Å²) in [6.45, 7) is 3.18. The number of nitrogens with one attached hydrogen (secondary N) is 1. The van der Waals surface area contributed by atoms with Gasteiger partial charge in [0.15, 0.2) is 0 Å². The molecule has 2 aliphatic rings. The van der Waals surface area contributed by atoms with Crippen LogP contribution in [0.15, 0.2) is 22.7 Å². The van der Waals surface area contributed by atoms with Gasteiger partial charge in [0.05, 0.1) is 10.0 Å². The van der Waals surface area contributed by atoms with Crippen molar-refractivity contribution < 1.29 is 9.32 Å². The first-order valence-electron chi connectivity index (χ1n) is 8.50. The maximum Gasteiger partial charge on any atom is 0.259 e. The fourth-order valence-corrected chi connectivity index (χ4v) is 4.38. The summed E-state index contributed by atoms with van der Waals surface area (Å²) in [7, 11) is 0. The number of likely N-dealkylation sites (tertiary alicyclic amines) is 1. The van der Waals surface area contributed by atoms with Crippen molar-refractivity contribution in [3.05, 3.63) is 39.6 Å². The number of fused-ring (bicyclic) bond motifs is 2. The Balaban J connectivity index is 0.00000196. The number of carbonyl (C=O) groups is 1. The van der Waals surface area contributed by atoms with Crippen LogP contribution in [0.3, 0.4) is 0 Å². The third-order valence-corrected chi connectivity index (χ3v) is 5.72. The average Bonchev–Trinajstić information content (AvgIpc) is 3.09. The van der Waals surface area contributed by atoms with Crippen LogP contribution in [0.5, 0.6) is 0 Å². The summed E-state index contributed by atoms with van der Waals surface area (Å²) in [5.74, 6) is 0.414. The van der Waals surface area contributed by atoms with E-state index < -0.39 is 0 Å². The standard InChI is InChI=1S/C18H19Cl2N3O2.ClH/c1-10-15(17(22-25-10)16-13(19)3-2-4-14(16)20)18(24)23-8-7-11-5-6-12(9-23)21-11;/h2-4,11-12,21H,5-9H2,1H3;1H. The Morgan fingerprint density at radius 3 is 2.65 bits per heavy atom. The molecule has 1 N–H and O–H groups in total. The highest BCUT2D eigenvalue weighted by molar-refractivity contribution is 6.39. The highest BCUT2D eigenvalue weighted by Crippen LogP contribution is 2.37. The summed E-state index contributed by atoms with van der Waals surface area (Å²) in [5.41, 5.74) is 1.41. The number of hydrogen-bond acceptors (Lipinski definition) is 4. The van der Waals surface area contributed by atoms with E-state index in [-0.39, 0.29) is 18.3 Å². The lowest BCUT2D eigenvalue weighted by Crippen LogP contribution is -2.39. The van der Waals surface area contributed by atoms with Crippen LogP contribution in [0.2, 0.25) is 10.0 Å². The van der Waals surface area contributed by atoms with E-state index in [1.54, 1.807) is 25.1 Å². The number of benzene rings is 1. The lowest BCUT2D eigenvalue weighted by atomic mass is 10.0. The van der Waals surface area contributed by atoms with Crippen LogP contribution in [0.25, 0.3) is 11.3 Å². The molecule has 26 heavy (non-hydrogen) atoms. The van der Waals surface area contributed by atoms with Crippen molar-refractivity contribution in [2.24, 2.45) is 0 Å². The number of rotatable bonds is 2. The number of aryl methyl sites for hydroxylation is 1. The molecule has 0 spiro atoms. The minimum Gasteiger partial charge on any atom is -0.360 e. The summed E-state index contributed by atoms with van der Waals surface area (Å²) in [6.07, 6.45) is 3.27. The van der Waals surface area contributed by atoms with Crippen LogP contribution < -0.4 is 5.32 Å². The minimum absolute atomic E-state index is 0. The number of aromatic nitrogens is 1. The monoisotopic (exact) mass is 415 g/mol. The first kappa shape index (κ1) is 19.5. The van der Waals surface area contributed by atoms with E-state index in [0.717, 1.165) is 19.4 Å². The SMILES string of the molecule is Cc1onc(-c2c(Cl)cccc2Cl)c1C(=O)N1CCC2CCC(C1)N2.Cl. The van der Waals surface area contributed by atoms with Crippen molar-refractivity contribution in [3.8, 4) is 11.3 Å². The molecule has 140 valence electrons. The van der Waals surface area contributed by atoms with Crippen LogP contribution >= 0.6 is 35.6 Å². The van der Waals surface area contributed by atoms with Crippen molar-refractivity contribution >= 4 is 41.5 Å². The highest BCUT2D eigenvalue weighted by atomic mass is 35.5. The van der Waals surface area contributed by atoms with Crippen molar-refractivity contribution in [2.75, 3.05) is 13.1 Å². The predicted octanol–water partition coefficient (Wildman–Crippen LogP) is 4.35. The van der Waals surface area contributed by atoms with Gasteiger partial charge in [-0.25, -0.2) is 0 Å². The average molecular weight is 417 g/mol. The molecule has 2 fully saturated rings. The van der Waals surface area contributed by atoms with Crippen LogP contribution in [0.4, 0.5) is 0 Å². The van der Waals surface area contributed by atoms with Gasteiger partial charge < -0.3 is 14.7 Å². The number of carbonyl (C=O) groups excluding carboxylic acids is 1. The molecule has 2 saturated heterocycles. The van der Waals surface area contributed by atoms with Gasteiger partial charge in [0.2, 0.25) is 0 Å². The maximum atomic E-state index is 13.2. The summed E-state index contributed by atoms with van der Waals surface area (Å²) in [5, 5.41) is 8.58. The van der Waals surface area contributed by atoms with Crippen molar-refractivity contribution in [3.63, 3.8) is 0 Å². The Morgan fingerprint density at radius 2 is 1.92 bits per heavy atom. The van der Waals surface area contributed by atoms with E-state index >= 15 is 0 Å².